The van der Waals surface area contributed by atoms with Gasteiger partial charge in [0, 0.05) is 12.2 Å². The molecule has 0 saturated carbocycles. The standard InChI is InChI=1S/C22H21FN2O4S2/c23-19-8-4-6-17(14-19)16-30(26,27)24-20-11-12-22-18(15-20)7-5-13-25(22)31(28,29)21-9-2-1-3-10-21/h1-4,6,8-12,14-15,24H,5,7,13,16H2. The van der Waals surface area contributed by atoms with Gasteiger partial charge in [0.15, 0.2) is 0 Å². The Hall–Kier alpha value is -2.91. The van der Waals surface area contributed by atoms with Crippen molar-refractivity contribution in [2.75, 3.05) is 15.6 Å². The fraction of sp³-hybridized carbons (Fsp3) is 0.182. The van der Waals surface area contributed by atoms with Crippen LogP contribution in [0, 0.1) is 5.82 Å². The van der Waals surface area contributed by atoms with E-state index in [0.717, 1.165) is 5.56 Å². The van der Waals surface area contributed by atoms with Crippen LogP contribution in [0.5, 0.6) is 0 Å². The van der Waals surface area contributed by atoms with Gasteiger partial charge < -0.3 is 0 Å². The number of nitrogens with zero attached hydrogens (tertiary/aromatic N) is 1. The molecule has 0 saturated heterocycles. The van der Waals surface area contributed by atoms with Crippen molar-refractivity contribution in [2.24, 2.45) is 0 Å². The monoisotopic (exact) mass is 460 g/mol. The molecule has 1 heterocycles. The smallest absolute Gasteiger partial charge is 0.264 e. The van der Waals surface area contributed by atoms with E-state index in [0.29, 0.717) is 36.3 Å². The van der Waals surface area contributed by atoms with Gasteiger partial charge in [-0.2, -0.15) is 0 Å². The molecule has 0 radical (unpaired) electrons. The molecule has 6 nitrogen and oxygen atoms in total. The maximum Gasteiger partial charge on any atom is 0.264 e. The molecular formula is C22H21FN2O4S2. The van der Waals surface area contributed by atoms with E-state index in [1.54, 1.807) is 54.6 Å². The van der Waals surface area contributed by atoms with Crippen molar-refractivity contribution < 1.29 is 21.2 Å². The number of benzene rings is 3. The molecule has 3 aromatic rings. The van der Waals surface area contributed by atoms with Gasteiger partial charge in [-0.05, 0) is 66.4 Å². The first kappa shape index (κ1) is 21.3. The fourth-order valence-electron chi connectivity index (χ4n) is 3.66. The molecule has 1 aliphatic heterocycles. The molecule has 0 amide bonds. The lowest BCUT2D eigenvalue weighted by molar-refractivity contribution is 0.586. The number of anilines is 2. The molecule has 0 fully saturated rings. The van der Waals surface area contributed by atoms with Gasteiger partial charge in [0.1, 0.15) is 5.82 Å². The molecule has 0 aliphatic carbocycles. The van der Waals surface area contributed by atoms with Gasteiger partial charge in [0.25, 0.3) is 10.0 Å². The highest BCUT2D eigenvalue weighted by Gasteiger charge is 2.29. The van der Waals surface area contributed by atoms with E-state index in [4.69, 9.17) is 0 Å². The molecule has 31 heavy (non-hydrogen) atoms. The largest absolute Gasteiger partial charge is 0.283 e. The molecule has 0 spiro atoms. The summed E-state index contributed by atoms with van der Waals surface area (Å²) in [6.07, 6.45) is 1.26. The van der Waals surface area contributed by atoms with Crippen LogP contribution in [0.2, 0.25) is 0 Å². The molecule has 0 atom stereocenters. The first-order valence-electron chi connectivity index (χ1n) is 9.70. The first-order chi connectivity index (χ1) is 14.7. The predicted molar refractivity (Wildman–Crippen MR) is 118 cm³/mol. The van der Waals surface area contributed by atoms with E-state index in [2.05, 4.69) is 4.72 Å². The zero-order chi connectivity index (χ0) is 22.1. The molecule has 162 valence electrons. The summed E-state index contributed by atoms with van der Waals surface area (Å²) in [7, 11) is -7.47. The van der Waals surface area contributed by atoms with Gasteiger partial charge in [0.05, 0.1) is 16.3 Å². The third-order valence-corrected chi connectivity index (χ3v) is 8.09. The summed E-state index contributed by atoms with van der Waals surface area (Å²) in [5.41, 5.74) is 1.97. The van der Waals surface area contributed by atoms with Gasteiger partial charge in [-0.25, -0.2) is 21.2 Å². The fourth-order valence-corrected chi connectivity index (χ4v) is 6.40. The van der Waals surface area contributed by atoms with E-state index in [-0.39, 0.29) is 10.6 Å². The average molecular weight is 461 g/mol. The maximum absolute atomic E-state index is 13.3. The van der Waals surface area contributed by atoms with E-state index < -0.39 is 25.9 Å². The summed E-state index contributed by atoms with van der Waals surface area (Å²) in [5.74, 6) is -0.864. The molecule has 1 aliphatic rings. The number of rotatable bonds is 6. The van der Waals surface area contributed by atoms with E-state index >= 15 is 0 Å². The van der Waals surface area contributed by atoms with Crippen LogP contribution in [0.3, 0.4) is 0 Å². The van der Waals surface area contributed by atoms with Crippen molar-refractivity contribution in [1.29, 1.82) is 0 Å². The van der Waals surface area contributed by atoms with Crippen LogP contribution in [-0.2, 0) is 32.2 Å². The predicted octanol–water partition coefficient (Wildman–Crippen LogP) is 3.91. The summed E-state index contributed by atoms with van der Waals surface area (Å²) in [6, 6.07) is 18.5. The Kier molecular flexibility index (Phi) is 5.72. The van der Waals surface area contributed by atoms with Crippen LogP contribution < -0.4 is 9.03 Å². The second kappa shape index (κ2) is 8.32. The lowest BCUT2D eigenvalue weighted by Crippen LogP contribution is -2.35. The van der Waals surface area contributed by atoms with Gasteiger partial charge >= 0.3 is 0 Å². The Morgan fingerprint density at radius 3 is 2.42 bits per heavy atom. The molecule has 4 rings (SSSR count). The Labute approximate surface area is 181 Å². The van der Waals surface area contributed by atoms with Crippen molar-refractivity contribution in [3.63, 3.8) is 0 Å². The van der Waals surface area contributed by atoms with Crippen molar-refractivity contribution in [2.45, 2.75) is 23.5 Å². The Balaban J connectivity index is 1.59. The van der Waals surface area contributed by atoms with Crippen LogP contribution in [-0.4, -0.2) is 23.4 Å². The minimum absolute atomic E-state index is 0.211. The second-order valence-electron chi connectivity index (χ2n) is 7.33. The summed E-state index contributed by atoms with van der Waals surface area (Å²) in [6.45, 7) is 0.356. The first-order valence-corrected chi connectivity index (χ1v) is 12.8. The maximum atomic E-state index is 13.3. The lowest BCUT2D eigenvalue weighted by atomic mass is 10.0. The Morgan fingerprint density at radius 2 is 1.68 bits per heavy atom. The Bertz CT molecular complexity index is 1310. The van der Waals surface area contributed by atoms with Crippen molar-refractivity contribution >= 4 is 31.4 Å². The number of hydrogen-bond donors (Lipinski definition) is 1. The van der Waals surface area contributed by atoms with E-state index in [1.807, 2.05) is 0 Å². The number of fused-ring (bicyclic) bond motifs is 1. The normalized spacial score (nSPS) is 14.2. The van der Waals surface area contributed by atoms with Crippen LogP contribution in [0.15, 0.2) is 77.7 Å². The highest BCUT2D eigenvalue weighted by Crippen LogP contribution is 2.34. The summed E-state index contributed by atoms with van der Waals surface area (Å²) in [5, 5.41) is 0. The van der Waals surface area contributed by atoms with Crippen LogP contribution >= 0.6 is 0 Å². The number of nitrogens with one attached hydrogen (secondary N) is 1. The van der Waals surface area contributed by atoms with Crippen molar-refractivity contribution in [1.82, 2.24) is 0 Å². The molecule has 9 heteroatoms. The molecule has 0 aromatic heterocycles. The number of hydrogen-bond acceptors (Lipinski definition) is 4. The van der Waals surface area contributed by atoms with Crippen molar-refractivity contribution in [3.05, 3.63) is 89.7 Å². The van der Waals surface area contributed by atoms with Crippen molar-refractivity contribution in [3.8, 4) is 0 Å². The van der Waals surface area contributed by atoms with E-state index in [1.165, 1.54) is 22.5 Å². The highest BCUT2D eigenvalue weighted by atomic mass is 32.2. The number of aryl methyl sites for hydroxylation is 1. The minimum Gasteiger partial charge on any atom is -0.283 e. The third kappa shape index (κ3) is 4.72. The van der Waals surface area contributed by atoms with Gasteiger partial charge in [-0.1, -0.05) is 30.3 Å². The van der Waals surface area contributed by atoms with Crippen LogP contribution in [0.4, 0.5) is 15.8 Å². The molecule has 0 bridgehead atoms. The third-order valence-electron chi connectivity index (χ3n) is 5.01. The second-order valence-corrected chi connectivity index (χ2v) is 10.9. The van der Waals surface area contributed by atoms with Crippen LogP contribution in [0.1, 0.15) is 17.5 Å². The minimum atomic E-state index is -3.76. The lowest BCUT2D eigenvalue weighted by Gasteiger charge is -2.31. The zero-order valence-electron chi connectivity index (χ0n) is 16.5. The van der Waals surface area contributed by atoms with E-state index in [9.17, 15) is 21.2 Å². The van der Waals surface area contributed by atoms with Gasteiger partial charge in [-0.3, -0.25) is 9.03 Å². The van der Waals surface area contributed by atoms with Crippen LogP contribution in [0.25, 0.3) is 0 Å². The quantitative estimate of drug-likeness (QED) is 0.605. The summed E-state index contributed by atoms with van der Waals surface area (Å²) in [4.78, 5) is 0.211. The SMILES string of the molecule is O=S(=O)(Cc1cccc(F)c1)Nc1ccc2c(c1)CCCN2S(=O)(=O)c1ccccc1. The zero-order valence-corrected chi connectivity index (χ0v) is 18.2. The molecule has 0 unspecified atom stereocenters. The number of halogens is 1. The molecular weight excluding hydrogens is 439 g/mol. The number of sulfonamides is 2. The topological polar surface area (TPSA) is 83.6 Å². The summed E-state index contributed by atoms with van der Waals surface area (Å²) < 4.78 is 68.4. The summed E-state index contributed by atoms with van der Waals surface area (Å²) >= 11 is 0. The average Bonchev–Trinajstić information content (AvgIpc) is 2.73. The molecule has 3 aromatic carbocycles. The Morgan fingerprint density at radius 1 is 0.903 bits per heavy atom. The van der Waals surface area contributed by atoms with Gasteiger partial charge in [-0.15, -0.1) is 0 Å². The highest BCUT2D eigenvalue weighted by molar-refractivity contribution is 7.93. The molecule has 1 N–H and O–H groups in total. The van der Waals surface area contributed by atoms with Gasteiger partial charge in [0.2, 0.25) is 10.0 Å².